The summed E-state index contributed by atoms with van der Waals surface area (Å²) < 4.78 is 112. The minimum atomic E-state index is -4.62. The molecule has 23 heavy (non-hydrogen) atoms. The highest BCUT2D eigenvalue weighted by Gasteiger charge is 2.43. The van der Waals surface area contributed by atoms with Crippen LogP contribution < -0.4 is 4.98 Å². The predicted molar refractivity (Wildman–Crippen MR) is 70.5 cm³/mol. The van der Waals surface area contributed by atoms with Crippen molar-refractivity contribution in [3.8, 4) is 0 Å². The van der Waals surface area contributed by atoms with Gasteiger partial charge in [-0.25, -0.2) is 0 Å². The van der Waals surface area contributed by atoms with Gasteiger partial charge in [-0.05, 0) is 24.2 Å². The van der Waals surface area contributed by atoms with Crippen molar-refractivity contribution in [3.63, 3.8) is 0 Å². The molecule has 0 aliphatic heterocycles. The molecule has 0 radical (unpaired) electrons. The fraction of sp³-hybridized carbons (Fsp3) is 1.00. The van der Waals surface area contributed by atoms with Crippen LogP contribution in [0.15, 0.2) is 0 Å². The van der Waals surface area contributed by atoms with E-state index in [1.54, 1.807) is 0 Å². The number of alkyl halides is 9. The molecule has 0 fully saturated rings. The average Bonchev–Trinajstić information content (AvgIpc) is 2.27. The van der Waals surface area contributed by atoms with Crippen LogP contribution in [0.25, 0.3) is 0 Å². The molecule has 140 valence electrons. The largest absolute Gasteiger partial charge is 0.388 e. The van der Waals surface area contributed by atoms with E-state index in [9.17, 15) is 39.5 Å². The zero-order valence-electron chi connectivity index (χ0n) is 12.7. The summed E-state index contributed by atoms with van der Waals surface area (Å²) in [5.41, 5.74) is 0. The lowest BCUT2D eigenvalue weighted by Gasteiger charge is -2.36. The molecule has 0 aliphatic carbocycles. The van der Waals surface area contributed by atoms with Gasteiger partial charge in [0.05, 0.1) is 0 Å². The zero-order chi connectivity index (χ0) is 18.5. The van der Waals surface area contributed by atoms with Crippen LogP contribution in [0.4, 0.5) is 39.5 Å². The smallest absolute Gasteiger partial charge is 0.335 e. The van der Waals surface area contributed by atoms with Crippen LogP contribution >= 0.6 is 0 Å². The molecule has 1 nitrogen and oxygen atoms in total. The maximum absolute atomic E-state index is 12.4. The fourth-order valence-corrected chi connectivity index (χ4v) is 7.04. The SMILES string of the molecule is CC(C)N[Si](CCC(F)(F)F)(CCC(F)(F)F)CCC(F)(F)F. The average molecular weight is 377 g/mol. The van der Waals surface area contributed by atoms with E-state index in [1.165, 1.54) is 13.8 Å². The van der Waals surface area contributed by atoms with E-state index in [1.807, 2.05) is 0 Å². The lowest BCUT2D eigenvalue weighted by atomic mass is 10.4. The van der Waals surface area contributed by atoms with E-state index < -0.39 is 70.2 Å². The maximum Gasteiger partial charge on any atom is 0.388 e. The van der Waals surface area contributed by atoms with Crippen molar-refractivity contribution in [2.75, 3.05) is 0 Å². The number of hydrogen-bond acceptors (Lipinski definition) is 1. The summed E-state index contributed by atoms with van der Waals surface area (Å²) in [7, 11) is -3.60. The quantitative estimate of drug-likeness (QED) is 0.417. The molecule has 0 amide bonds. The van der Waals surface area contributed by atoms with Crippen LogP contribution in [0, 0.1) is 0 Å². The van der Waals surface area contributed by atoms with Gasteiger partial charge in [-0.1, -0.05) is 13.8 Å². The topological polar surface area (TPSA) is 12.0 Å². The molecule has 11 heteroatoms. The normalized spacial score (nSPS) is 14.6. The maximum atomic E-state index is 12.4. The minimum absolute atomic E-state index is 0.489. The Balaban J connectivity index is 5.25. The lowest BCUT2D eigenvalue weighted by molar-refractivity contribution is -0.132. The molecule has 0 atom stereocenters. The Hall–Kier alpha value is -0.453. The Bertz CT molecular complexity index is 300. The Morgan fingerprint density at radius 3 is 1.09 bits per heavy atom. The van der Waals surface area contributed by atoms with Crippen molar-refractivity contribution in [1.29, 1.82) is 0 Å². The number of rotatable bonds is 8. The molecular weight excluding hydrogens is 357 g/mol. The molecule has 0 spiro atoms. The third kappa shape index (κ3) is 12.6. The summed E-state index contributed by atoms with van der Waals surface area (Å²) in [6, 6.07) is -2.57. The van der Waals surface area contributed by atoms with E-state index in [4.69, 9.17) is 0 Å². The summed E-state index contributed by atoms with van der Waals surface area (Å²) in [5, 5.41) is 0. The van der Waals surface area contributed by atoms with Gasteiger partial charge >= 0.3 is 18.5 Å². The highest BCUT2D eigenvalue weighted by atomic mass is 28.3. The highest BCUT2D eigenvalue weighted by molar-refractivity contribution is 6.77. The Morgan fingerprint density at radius 1 is 0.652 bits per heavy atom. The van der Waals surface area contributed by atoms with Crippen molar-refractivity contribution >= 4 is 8.24 Å². The van der Waals surface area contributed by atoms with Crippen LogP contribution in [0.1, 0.15) is 33.1 Å². The van der Waals surface area contributed by atoms with E-state index >= 15 is 0 Å². The molecule has 1 N–H and O–H groups in total. The Kier molecular flexibility index (Phi) is 7.92. The highest BCUT2D eigenvalue weighted by Crippen LogP contribution is 2.36. The van der Waals surface area contributed by atoms with E-state index in [0.717, 1.165) is 0 Å². The summed E-state index contributed by atoms with van der Waals surface area (Å²) >= 11 is 0. The molecule has 0 aromatic heterocycles. The van der Waals surface area contributed by atoms with Crippen LogP contribution in [-0.2, 0) is 0 Å². The number of halogens is 9. The van der Waals surface area contributed by atoms with Gasteiger partial charge in [-0.15, -0.1) is 0 Å². The molecule has 0 saturated heterocycles. The molecule has 0 aromatic carbocycles. The first-order valence-electron chi connectivity index (χ1n) is 7.02. The van der Waals surface area contributed by atoms with Crippen molar-refractivity contribution in [3.05, 3.63) is 0 Å². The van der Waals surface area contributed by atoms with Crippen LogP contribution in [-0.4, -0.2) is 32.8 Å². The van der Waals surface area contributed by atoms with Crippen molar-refractivity contribution in [2.45, 2.75) is 75.8 Å². The Morgan fingerprint density at radius 2 is 0.913 bits per heavy atom. The lowest BCUT2D eigenvalue weighted by Crippen LogP contribution is -2.54. The molecule has 0 heterocycles. The molecule has 0 bridgehead atoms. The second-order valence-corrected chi connectivity index (χ2v) is 10.3. The molecule has 0 aromatic rings. The van der Waals surface area contributed by atoms with Gasteiger partial charge < -0.3 is 4.98 Å². The number of hydrogen-bond donors (Lipinski definition) is 1. The minimum Gasteiger partial charge on any atom is -0.335 e. The predicted octanol–water partition coefficient (Wildman–Crippen LogP) is 5.79. The first-order chi connectivity index (χ1) is 10.0. The standard InChI is InChI=1S/C12H20F9NSi/c1-9(2)22-23(6-3-10(13,14)15,7-4-11(16,17)18)8-5-12(19,20)21/h9,22H,3-8H2,1-2H3. The van der Waals surface area contributed by atoms with Gasteiger partial charge in [-0.3, -0.25) is 0 Å². The van der Waals surface area contributed by atoms with Gasteiger partial charge in [0.25, 0.3) is 0 Å². The van der Waals surface area contributed by atoms with Gasteiger partial charge in [0.15, 0.2) is 0 Å². The second kappa shape index (κ2) is 8.08. The van der Waals surface area contributed by atoms with Gasteiger partial charge in [0.2, 0.25) is 0 Å². The monoisotopic (exact) mass is 377 g/mol. The van der Waals surface area contributed by atoms with Crippen LogP contribution in [0.3, 0.4) is 0 Å². The van der Waals surface area contributed by atoms with Crippen LogP contribution in [0.2, 0.25) is 18.1 Å². The van der Waals surface area contributed by atoms with Gasteiger partial charge in [0.1, 0.15) is 8.24 Å². The molecular formula is C12H20F9NSi. The summed E-state index contributed by atoms with van der Waals surface area (Å²) in [4.78, 5) is 2.65. The third-order valence-corrected chi connectivity index (χ3v) is 8.07. The van der Waals surface area contributed by atoms with Crippen molar-refractivity contribution in [2.24, 2.45) is 0 Å². The van der Waals surface area contributed by atoms with Gasteiger partial charge in [-0.2, -0.15) is 39.5 Å². The van der Waals surface area contributed by atoms with E-state index in [-0.39, 0.29) is 0 Å². The first-order valence-corrected chi connectivity index (χ1v) is 9.64. The summed E-state index contributed by atoms with van der Waals surface area (Å²) in [5.74, 6) is 0. The van der Waals surface area contributed by atoms with E-state index in [0.29, 0.717) is 0 Å². The van der Waals surface area contributed by atoms with Gasteiger partial charge in [0, 0.05) is 19.3 Å². The second-order valence-electron chi connectivity index (χ2n) is 5.92. The van der Waals surface area contributed by atoms with Crippen LogP contribution in [0.5, 0.6) is 0 Å². The fourth-order valence-electron chi connectivity index (χ4n) is 2.35. The molecule has 0 rings (SSSR count). The Labute approximate surface area is 129 Å². The summed E-state index contributed by atoms with van der Waals surface area (Å²) in [6.07, 6.45) is -18.0. The van der Waals surface area contributed by atoms with Crippen molar-refractivity contribution in [1.82, 2.24) is 4.98 Å². The summed E-state index contributed by atoms with van der Waals surface area (Å²) in [6.45, 7) is 2.99. The molecule has 0 saturated carbocycles. The zero-order valence-corrected chi connectivity index (χ0v) is 13.7. The molecule has 0 aliphatic rings. The molecule has 0 unspecified atom stereocenters. The first kappa shape index (κ1) is 22.5. The van der Waals surface area contributed by atoms with Crippen molar-refractivity contribution < 1.29 is 39.5 Å². The third-order valence-electron chi connectivity index (χ3n) is 3.26. The number of nitrogens with one attached hydrogen (secondary N) is 1. The van der Waals surface area contributed by atoms with E-state index in [2.05, 4.69) is 4.98 Å².